The van der Waals surface area contributed by atoms with Crippen molar-refractivity contribution in [2.75, 3.05) is 20.3 Å². The van der Waals surface area contributed by atoms with Crippen LogP contribution in [-0.4, -0.2) is 37.2 Å². The molecule has 0 radical (unpaired) electrons. The van der Waals surface area contributed by atoms with Gasteiger partial charge in [-0.1, -0.05) is 6.92 Å². The van der Waals surface area contributed by atoms with Gasteiger partial charge in [0.15, 0.2) is 0 Å². The number of ether oxygens (including phenoxy) is 2. The Balaban J connectivity index is 2.09. The summed E-state index contributed by atoms with van der Waals surface area (Å²) in [6.07, 6.45) is 2.02. The van der Waals surface area contributed by atoms with E-state index in [1.165, 1.54) is 0 Å². The fourth-order valence-electron chi connectivity index (χ4n) is 2.11. The maximum atomic E-state index is 12.3. The summed E-state index contributed by atoms with van der Waals surface area (Å²) in [7, 11) is 1.54. The average molecular weight is 307 g/mol. The summed E-state index contributed by atoms with van der Waals surface area (Å²) in [4.78, 5) is 23.4. The molecule has 1 aromatic rings. The zero-order valence-electron chi connectivity index (χ0n) is 12.8. The molecule has 1 aromatic carbocycles. The number of hydrogen-bond donors (Lipinski definition) is 2. The Labute approximate surface area is 129 Å². The summed E-state index contributed by atoms with van der Waals surface area (Å²) in [6, 6.07) is 4.96. The van der Waals surface area contributed by atoms with Crippen molar-refractivity contribution in [2.24, 2.45) is 5.41 Å². The van der Waals surface area contributed by atoms with Crippen LogP contribution >= 0.6 is 0 Å². The van der Waals surface area contributed by atoms with Gasteiger partial charge in [-0.05, 0) is 31.4 Å². The Morgan fingerprint density at radius 3 is 2.64 bits per heavy atom. The molecule has 1 aliphatic rings. The first-order valence-corrected chi connectivity index (χ1v) is 7.35. The SMILES string of the molecule is CCCOc1cc(OC)ccc1C(=O)NCC1(C(=O)O)CC1. The molecule has 0 aliphatic heterocycles. The Morgan fingerprint density at radius 1 is 1.36 bits per heavy atom. The Morgan fingerprint density at radius 2 is 2.09 bits per heavy atom. The first-order chi connectivity index (χ1) is 10.5. The number of benzene rings is 1. The maximum absolute atomic E-state index is 12.3. The van der Waals surface area contributed by atoms with Gasteiger partial charge in [0.1, 0.15) is 11.5 Å². The lowest BCUT2D eigenvalue weighted by atomic mass is 10.1. The van der Waals surface area contributed by atoms with E-state index in [-0.39, 0.29) is 12.5 Å². The molecule has 0 spiro atoms. The molecule has 120 valence electrons. The van der Waals surface area contributed by atoms with Crippen LogP contribution in [0.1, 0.15) is 36.5 Å². The van der Waals surface area contributed by atoms with Gasteiger partial charge in [-0.15, -0.1) is 0 Å². The number of rotatable bonds is 8. The zero-order chi connectivity index (χ0) is 16.2. The van der Waals surface area contributed by atoms with Gasteiger partial charge in [0.05, 0.1) is 24.7 Å². The van der Waals surface area contributed by atoms with E-state index in [4.69, 9.17) is 14.6 Å². The van der Waals surface area contributed by atoms with E-state index in [1.807, 2.05) is 6.92 Å². The number of aliphatic carboxylic acids is 1. The number of hydrogen-bond acceptors (Lipinski definition) is 4. The monoisotopic (exact) mass is 307 g/mol. The number of carbonyl (C=O) groups is 2. The molecule has 0 heterocycles. The second-order valence-electron chi connectivity index (χ2n) is 5.48. The van der Waals surface area contributed by atoms with Crippen LogP contribution in [0.3, 0.4) is 0 Å². The van der Waals surface area contributed by atoms with Crippen molar-refractivity contribution in [1.29, 1.82) is 0 Å². The van der Waals surface area contributed by atoms with E-state index in [0.29, 0.717) is 36.5 Å². The van der Waals surface area contributed by atoms with Crippen LogP contribution in [0.25, 0.3) is 0 Å². The highest BCUT2D eigenvalue weighted by Gasteiger charge is 2.50. The molecule has 1 saturated carbocycles. The predicted octanol–water partition coefficient (Wildman–Crippen LogP) is 2.08. The molecule has 2 rings (SSSR count). The van der Waals surface area contributed by atoms with E-state index >= 15 is 0 Å². The van der Waals surface area contributed by atoms with Crippen molar-refractivity contribution in [2.45, 2.75) is 26.2 Å². The summed E-state index contributed by atoms with van der Waals surface area (Å²) in [5.41, 5.74) is -0.400. The highest BCUT2D eigenvalue weighted by atomic mass is 16.5. The van der Waals surface area contributed by atoms with Gasteiger partial charge >= 0.3 is 5.97 Å². The molecule has 6 heteroatoms. The lowest BCUT2D eigenvalue weighted by Gasteiger charge is -2.14. The minimum Gasteiger partial charge on any atom is -0.497 e. The minimum atomic E-state index is -0.856. The second kappa shape index (κ2) is 6.68. The summed E-state index contributed by atoms with van der Waals surface area (Å²) in [5, 5.41) is 11.8. The van der Waals surface area contributed by atoms with Crippen molar-refractivity contribution in [1.82, 2.24) is 5.32 Å². The van der Waals surface area contributed by atoms with Crippen LogP contribution in [0.15, 0.2) is 18.2 Å². The first-order valence-electron chi connectivity index (χ1n) is 7.35. The summed E-state index contributed by atoms with van der Waals surface area (Å²) < 4.78 is 10.7. The molecule has 22 heavy (non-hydrogen) atoms. The van der Waals surface area contributed by atoms with Crippen molar-refractivity contribution in [3.63, 3.8) is 0 Å². The molecule has 0 bridgehead atoms. The maximum Gasteiger partial charge on any atom is 0.311 e. The summed E-state index contributed by atoms with van der Waals surface area (Å²) in [5.74, 6) is -0.142. The molecule has 1 aliphatic carbocycles. The van der Waals surface area contributed by atoms with Gasteiger partial charge in [0, 0.05) is 12.6 Å². The van der Waals surface area contributed by atoms with Crippen molar-refractivity contribution < 1.29 is 24.2 Å². The van der Waals surface area contributed by atoms with E-state index < -0.39 is 11.4 Å². The fourth-order valence-corrected chi connectivity index (χ4v) is 2.11. The number of methoxy groups -OCH3 is 1. The number of carboxylic acid groups (broad SMARTS) is 1. The number of amides is 1. The predicted molar refractivity (Wildman–Crippen MR) is 80.4 cm³/mol. The van der Waals surface area contributed by atoms with Crippen LogP contribution in [0.4, 0.5) is 0 Å². The molecular formula is C16H21NO5. The largest absolute Gasteiger partial charge is 0.497 e. The molecule has 1 amide bonds. The van der Waals surface area contributed by atoms with Crippen molar-refractivity contribution in [3.8, 4) is 11.5 Å². The first kappa shape index (κ1) is 16.1. The van der Waals surface area contributed by atoms with Crippen LogP contribution in [0, 0.1) is 5.41 Å². The van der Waals surface area contributed by atoms with E-state index in [1.54, 1.807) is 25.3 Å². The Hall–Kier alpha value is -2.24. The standard InChI is InChI=1S/C16H21NO5/c1-3-8-22-13-9-11(21-2)4-5-12(13)14(18)17-10-16(6-7-16)15(19)20/h4-5,9H,3,6-8,10H2,1-2H3,(H,17,18)(H,19,20). The molecule has 0 saturated heterocycles. The zero-order valence-corrected chi connectivity index (χ0v) is 12.8. The number of carbonyl (C=O) groups excluding carboxylic acids is 1. The van der Waals surface area contributed by atoms with Crippen LogP contribution in [0.2, 0.25) is 0 Å². The number of nitrogens with one attached hydrogen (secondary N) is 1. The van der Waals surface area contributed by atoms with Gasteiger partial charge in [-0.25, -0.2) is 0 Å². The normalized spacial score (nSPS) is 15.0. The average Bonchev–Trinajstić information content (AvgIpc) is 3.31. The van der Waals surface area contributed by atoms with E-state index in [2.05, 4.69) is 5.32 Å². The number of carboxylic acids is 1. The molecule has 1 fully saturated rings. The Kier molecular flexibility index (Phi) is 4.90. The molecule has 0 atom stereocenters. The molecule has 0 aromatic heterocycles. The smallest absolute Gasteiger partial charge is 0.311 e. The molecular weight excluding hydrogens is 286 g/mol. The minimum absolute atomic E-state index is 0.139. The topological polar surface area (TPSA) is 84.9 Å². The van der Waals surface area contributed by atoms with Gasteiger partial charge in [-0.2, -0.15) is 0 Å². The van der Waals surface area contributed by atoms with Gasteiger partial charge in [0.25, 0.3) is 5.91 Å². The fraction of sp³-hybridized carbons (Fsp3) is 0.500. The lowest BCUT2D eigenvalue weighted by Crippen LogP contribution is -2.34. The highest BCUT2D eigenvalue weighted by Crippen LogP contribution is 2.45. The third kappa shape index (κ3) is 3.50. The third-order valence-corrected chi connectivity index (χ3v) is 3.79. The van der Waals surface area contributed by atoms with Crippen LogP contribution in [0.5, 0.6) is 11.5 Å². The van der Waals surface area contributed by atoms with E-state index in [0.717, 1.165) is 6.42 Å². The Bertz CT molecular complexity index is 566. The van der Waals surface area contributed by atoms with Gasteiger partial charge in [0.2, 0.25) is 0 Å². The van der Waals surface area contributed by atoms with E-state index in [9.17, 15) is 9.59 Å². The quantitative estimate of drug-likeness (QED) is 0.768. The molecule has 2 N–H and O–H groups in total. The molecule has 6 nitrogen and oxygen atoms in total. The van der Waals surface area contributed by atoms with Gasteiger partial charge < -0.3 is 19.9 Å². The third-order valence-electron chi connectivity index (χ3n) is 3.79. The second-order valence-corrected chi connectivity index (χ2v) is 5.48. The molecule has 0 unspecified atom stereocenters. The van der Waals surface area contributed by atoms with Crippen molar-refractivity contribution in [3.05, 3.63) is 23.8 Å². The van der Waals surface area contributed by atoms with Crippen molar-refractivity contribution >= 4 is 11.9 Å². The lowest BCUT2D eigenvalue weighted by molar-refractivity contribution is -0.143. The van der Waals surface area contributed by atoms with Crippen LogP contribution < -0.4 is 14.8 Å². The highest BCUT2D eigenvalue weighted by molar-refractivity contribution is 5.97. The van der Waals surface area contributed by atoms with Crippen LogP contribution in [-0.2, 0) is 4.79 Å². The van der Waals surface area contributed by atoms with Gasteiger partial charge in [-0.3, -0.25) is 9.59 Å². The summed E-state index contributed by atoms with van der Waals surface area (Å²) in [6.45, 7) is 2.61. The summed E-state index contributed by atoms with van der Waals surface area (Å²) >= 11 is 0.